The summed E-state index contributed by atoms with van der Waals surface area (Å²) >= 11 is 0. The van der Waals surface area contributed by atoms with Crippen LogP contribution in [0, 0.1) is 12.3 Å². The molecule has 4 rings (SSSR count). The van der Waals surface area contributed by atoms with Crippen molar-refractivity contribution in [3.8, 4) is 0 Å². The number of aromatic amines is 1. The molecule has 0 spiro atoms. The maximum Gasteiger partial charge on any atom is 0.274 e. The van der Waals surface area contributed by atoms with Crippen molar-refractivity contribution < 1.29 is 9.59 Å². The monoisotopic (exact) mass is 358 g/mol. The van der Waals surface area contributed by atoms with Crippen LogP contribution in [0.2, 0.25) is 0 Å². The van der Waals surface area contributed by atoms with Gasteiger partial charge in [0.05, 0.1) is 6.04 Å². The number of carbonyl (C=O) groups excluding carboxylic acids is 2. The lowest BCUT2D eigenvalue weighted by atomic mass is 9.71. The van der Waals surface area contributed by atoms with Gasteiger partial charge in [-0.05, 0) is 32.6 Å². The molecule has 2 amide bonds. The van der Waals surface area contributed by atoms with Crippen molar-refractivity contribution in [1.29, 1.82) is 0 Å². The highest BCUT2D eigenvalue weighted by atomic mass is 16.2. The molecule has 1 saturated carbocycles. The summed E-state index contributed by atoms with van der Waals surface area (Å²) in [6.07, 6.45) is 6.21. The molecule has 1 aromatic rings. The summed E-state index contributed by atoms with van der Waals surface area (Å²) in [6, 6.07) is 0.608. The van der Waals surface area contributed by atoms with Crippen molar-refractivity contribution in [2.45, 2.75) is 84.3 Å². The van der Waals surface area contributed by atoms with Crippen LogP contribution in [0.25, 0.3) is 0 Å². The van der Waals surface area contributed by atoms with Gasteiger partial charge in [0.25, 0.3) is 5.91 Å². The smallest absolute Gasteiger partial charge is 0.274 e. The highest BCUT2D eigenvalue weighted by molar-refractivity contribution is 5.94. The van der Waals surface area contributed by atoms with Crippen LogP contribution in [0.3, 0.4) is 0 Å². The van der Waals surface area contributed by atoms with Crippen molar-refractivity contribution >= 4 is 11.8 Å². The Hall–Kier alpha value is -1.85. The van der Waals surface area contributed by atoms with Gasteiger partial charge in [-0.3, -0.25) is 14.7 Å². The van der Waals surface area contributed by atoms with Gasteiger partial charge in [-0.25, -0.2) is 0 Å². The van der Waals surface area contributed by atoms with E-state index in [9.17, 15) is 9.59 Å². The lowest BCUT2D eigenvalue weighted by molar-refractivity contribution is -0.132. The van der Waals surface area contributed by atoms with E-state index in [-0.39, 0.29) is 35.4 Å². The van der Waals surface area contributed by atoms with Crippen LogP contribution in [0.4, 0.5) is 0 Å². The number of fused-ring (bicyclic) bond motifs is 1. The first-order chi connectivity index (χ1) is 12.4. The van der Waals surface area contributed by atoms with E-state index in [2.05, 4.69) is 33.8 Å². The number of rotatable bonds is 2. The number of amides is 2. The number of piperidine rings is 1. The van der Waals surface area contributed by atoms with Crippen LogP contribution in [0.1, 0.15) is 74.6 Å². The normalized spacial score (nSPS) is 33.3. The van der Waals surface area contributed by atoms with Gasteiger partial charge < -0.3 is 9.80 Å². The Bertz CT molecular complexity index is 742. The number of aryl methyl sites for hydroxylation is 1. The molecular weight excluding hydrogens is 328 g/mol. The predicted molar refractivity (Wildman–Crippen MR) is 98.8 cm³/mol. The second-order valence-electron chi connectivity index (χ2n) is 8.59. The van der Waals surface area contributed by atoms with E-state index in [1.165, 1.54) is 0 Å². The van der Waals surface area contributed by atoms with Gasteiger partial charge in [0.15, 0.2) is 5.69 Å². The molecule has 2 saturated heterocycles. The summed E-state index contributed by atoms with van der Waals surface area (Å²) in [6.45, 7) is 8.67. The van der Waals surface area contributed by atoms with E-state index in [1.54, 1.807) is 6.92 Å². The lowest BCUT2D eigenvalue weighted by Gasteiger charge is -2.46. The van der Waals surface area contributed by atoms with Gasteiger partial charge in [0.1, 0.15) is 0 Å². The van der Waals surface area contributed by atoms with Crippen LogP contribution in [0.15, 0.2) is 0 Å². The fraction of sp³-hybridized carbons (Fsp3) is 0.750. The first-order valence-electron chi connectivity index (χ1n) is 10.0. The maximum atomic E-state index is 13.4. The summed E-state index contributed by atoms with van der Waals surface area (Å²) in [5.41, 5.74) is 2.55. The Labute approximate surface area is 155 Å². The third-order valence-electron chi connectivity index (χ3n) is 7.21. The standard InChI is InChI=1S/C20H30N4O2/c1-5-15-12(2)18(22-21-15)19(26)23-11-14-10-20(4)16(23)8-6-7-9-17(20)24(14)13(3)25/h14,16-17H,5-11H2,1-4H3,(H,21,22)/t14-,16+,17-,20+/m0/s1. The molecule has 3 aliphatic rings. The first-order valence-corrected chi connectivity index (χ1v) is 10.0. The molecule has 2 bridgehead atoms. The fourth-order valence-corrected chi connectivity index (χ4v) is 5.99. The zero-order valence-electron chi connectivity index (χ0n) is 16.3. The summed E-state index contributed by atoms with van der Waals surface area (Å²) in [7, 11) is 0. The van der Waals surface area contributed by atoms with E-state index < -0.39 is 0 Å². The van der Waals surface area contributed by atoms with Crippen LogP contribution in [0.5, 0.6) is 0 Å². The molecule has 1 aromatic heterocycles. The Balaban J connectivity index is 1.73. The molecule has 2 aliphatic heterocycles. The van der Waals surface area contributed by atoms with Crippen molar-refractivity contribution in [3.63, 3.8) is 0 Å². The average molecular weight is 358 g/mol. The highest BCUT2D eigenvalue weighted by Gasteiger charge is 2.60. The van der Waals surface area contributed by atoms with E-state index in [0.717, 1.165) is 49.8 Å². The van der Waals surface area contributed by atoms with E-state index in [1.807, 2.05) is 6.92 Å². The molecule has 1 aliphatic carbocycles. The van der Waals surface area contributed by atoms with Crippen molar-refractivity contribution in [2.75, 3.05) is 6.54 Å². The molecule has 0 radical (unpaired) electrons. The first kappa shape index (κ1) is 17.6. The summed E-state index contributed by atoms with van der Waals surface area (Å²) in [5.74, 6) is 0.188. The molecule has 0 aromatic carbocycles. The van der Waals surface area contributed by atoms with Gasteiger partial charge in [-0.2, -0.15) is 5.10 Å². The van der Waals surface area contributed by atoms with Crippen molar-refractivity contribution in [2.24, 2.45) is 5.41 Å². The predicted octanol–water partition coefficient (Wildman–Crippen LogP) is 2.67. The fourth-order valence-electron chi connectivity index (χ4n) is 5.99. The highest BCUT2D eigenvalue weighted by Crippen LogP contribution is 2.53. The number of carbonyl (C=O) groups is 2. The number of nitrogens with one attached hydrogen (secondary N) is 1. The van der Waals surface area contributed by atoms with Crippen molar-refractivity contribution in [1.82, 2.24) is 20.0 Å². The number of aromatic nitrogens is 2. The zero-order valence-corrected chi connectivity index (χ0v) is 16.3. The number of likely N-dealkylation sites (tertiary alicyclic amines) is 2. The Morgan fingerprint density at radius 2 is 1.96 bits per heavy atom. The maximum absolute atomic E-state index is 13.4. The second kappa shape index (κ2) is 6.10. The Morgan fingerprint density at radius 1 is 1.27 bits per heavy atom. The number of hydrogen-bond donors (Lipinski definition) is 1. The molecule has 0 unspecified atom stereocenters. The van der Waals surface area contributed by atoms with Crippen LogP contribution in [-0.4, -0.2) is 56.5 Å². The summed E-state index contributed by atoms with van der Waals surface area (Å²) < 4.78 is 0. The third-order valence-corrected chi connectivity index (χ3v) is 7.21. The van der Waals surface area contributed by atoms with Crippen LogP contribution >= 0.6 is 0 Å². The molecule has 6 nitrogen and oxygen atoms in total. The molecule has 3 fully saturated rings. The van der Waals surface area contributed by atoms with E-state index in [4.69, 9.17) is 0 Å². The summed E-state index contributed by atoms with van der Waals surface area (Å²) in [4.78, 5) is 30.0. The molecular formula is C20H30N4O2. The van der Waals surface area contributed by atoms with Gasteiger partial charge in [-0.15, -0.1) is 0 Å². The van der Waals surface area contributed by atoms with Gasteiger partial charge in [0, 0.05) is 42.2 Å². The molecule has 1 N–H and O–H groups in total. The van der Waals surface area contributed by atoms with Gasteiger partial charge in [-0.1, -0.05) is 26.7 Å². The molecule has 6 heteroatoms. The quantitative estimate of drug-likeness (QED) is 0.884. The third kappa shape index (κ3) is 2.33. The summed E-state index contributed by atoms with van der Waals surface area (Å²) in [5, 5.41) is 7.37. The second-order valence-corrected chi connectivity index (χ2v) is 8.59. The average Bonchev–Trinajstić information content (AvgIpc) is 3.02. The number of H-pyrrole nitrogens is 1. The zero-order chi connectivity index (χ0) is 18.6. The topological polar surface area (TPSA) is 69.3 Å². The van der Waals surface area contributed by atoms with Crippen LogP contribution in [-0.2, 0) is 11.2 Å². The SMILES string of the molecule is CCc1[nH]nc(C(=O)N2C[C@@H]3C[C@@]4(C)[C@H](CCCC[C@@H]24)N3C(C)=O)c1C. The molecule has 3 heterocycles. The van der Waals surface area contributed by atoms with Gasteiger partial charge >= 0.3 is 0 Å². The number of hydrogen-bond acceptors (Lipinski definition) is 3. The minimum absolute atomic E-state index is 0.00144. The minimum atomic E-state index is -0.00144. The minimum Gasteiger partial charge on any atom is -0.335 e. The van der Waals surface area contributed by atoms with Crippen molar-refractivity contribution in [3.05, 3.63) is 17.0 Å². The molecule has 142 valence electrons. The van der Waals surface area contributed by atoms with Gasteiger partial charge in [0.2, 0.25) is 5.91 Å². The number of nitrogens with zero attached hydrogens (tertiary/aromatic N) is 3. The van der Waals surface area contributed by atoms with E-state index >= 15 is 0 Å². The lowest BCUT2D eigenvalue weighted by Crippen LogP contribution is -2.56. The van der Waals surface area contributed by atoms with E-state index in [0.29, 0.717) is 12.2 Å². The van der Waals surface area contributed by atoms with Crippen LogP contribution < -0.4 is 0 Å². The molecule has 4 atom stereocenters. The molecule has 26 heavy (non-hydrogen) atoms. The Morgan fingerprint density at radius 3 is 2.58 bits per heavy atom. The Kier molecular flexibility index (Phi) is 4.12. The largest absolute Gasteiger partial charge is 0.335 e.